The molecule has 0 aliphatic heterocycles. The third-order valence-electron chi connectivity index (χ3n) is 4.32. The molecule has 6 nitrogen and oxygen atoms in total. The molecule has 3 aromatic rings. The number of aromatic nitrogens is 1. The van der Waals surface area contributed by atoms with Crippen LogP contribution in [0.3, 0.4) is 0 Å². The summed E-state index contributed by atoms with van der Waals surface area (Å²) in [7, 11) is 3.02. The van der Waals surface area contributed by atoms with E-state index in [1.165, 1.54) is 18.4 Å². The Morgan fingerprint density at radius 1 is 1.03 bits per heavy atom. The van der Waals surface area contributed by atoms with E-state index in [4.69, 9.17) is 4.74 Å². The number of Topliss-reactive ketones (excluding diaryl/α,β-unsaturated/α-hetero) is 1. The van der Waals surface area contributed by atoms with Gasteiger partial charge >= 0.3 is 5.97 Å². The number of methoxy groups -OCH3 is 2. The number of thiazole rings is 1. The van der Waals surface area contributed by atoms with Crippen LogP contribution >= 0.6 is 11.3 Å². The fourth-order valence-corrected chi connectivity index (χ4v) is 3.57. The molecule has 0 amide bonds. The Morgan fingerprint density at radius 2 is 1.67 bits per heavy atom. The number of carbonyl (C=O) groups is 2. The third-order valence-corrected chi connectivity index (χ3v) is 5.49. The lowest BCUT2D eigenvalue weighted by Gasteiger charge is -2.08. The van der Waals surface area contributed by atoms with Crippen molar-refractivity contribution in [3.05, 3.63) is 70.7 Å². The predicted octanol–water partition coefficient (Wildman–Crippen LogP) is 5.37. The number of hydrogen-bond donors (Lipinski definition) is 1. The van der Waals surface area contributed by atoms with Crippen molar-refractivity contribution in [3.63, 3.8) is 0 Å². The molecule has 0 spiro atoms. The first kappa shape index (κ1) is 23.1. The van der Waals surface area contributed by atoms with Crippen LogP contribution in [0.1, 0.15) is 40.7 Å². The van der Waals surface area contributed by atoms with Gasteiger partial charge in [-0.25, -0.2) is 4.98 Å². The highest BCUT2D eigenvalue weighted by Crippen LogP contribution is 2.30. The number of anilines is 2. The van der Waals surface area contributed by atoms with Gasteiger partial charge in [-0.1, -0.05) is 53.8 Å². The Bertz CT molecular complexity index is 986. The Kier molecular flexibility index (Phi) is 8.55. The first-order chi connectivity index (χ1) is 14.4. The summed E-state index contributed by atoms with van der Waals surface area (Å²) in [6.45, 7) is 5.22. The number of aryl methyl sites for hydroxylation is 1. The van der Waals surface area contributed by atoms with Crippen molar-refractivity contribution in [2.45, 2.75) is 26.7 Å². The van der Waals surface area contributed by atoms with E-state index in [-0.39, 0.29) is 17.7 Å². The highest BCUT2D eigenvalue weighted by Gasteiger charge is 2.14. The normalized spacial score (nSPS) is 11.0. The molecule has 1 N–H and O–H groups in total. The van der Waals surface area contributed by atoms with Gasteiger partial charge in [-0.15, -0.1) is 0 Å². The predicted molar refractivity (Wildman–Crippen MR) is 120 cm³/mol. The largest absolute Gasteiger partial charge is 0.495 e. The van der Waals surface area contributed by atoms with E-state index in [1.807, 2.05) is 68.4 Å². The number of ketones is 1. The maximum Gasteiger partial charge on any atom is 0.312 e. The Labute approximate surface area is 180 Å². The molecule has 7 heteroatoms. The number of para-hydroxylation sites is 2. The van der Waals surface area contributed by atoms with E-state index in [0.29, 0.717) is 10.0 Å². The van der Waals surface area contributed by atoms with Crippen molar-refractivity contribution in [2.24, 2.45) is 0 Å². The number of esters is 1. The average molecular weight is 427 g/mol. The van der Waals surface area contributed by atoms with Crippen LogP contribution in [0.4, 0.5) is 10.8 Å². The minimum absolute atomic E-state index is 0.0399. The molecule has 30 heavy (non-hydrogen) atoms. The molecule has 1 aromatic heterocycles. The topological polar surface area (TPSA) is 77.5 Å². The van der Waals surface area contributed by atoms with Gasteiger partial charge in [-0.3, -0.25) is 9.59 Å². The first-order valence-corrected chi connectivity index (χ1v) is 10.2. The molecule has 2 aromatic carbocycles. The van der Waals surface area contributed by atoms with Gasteiger partial charge in [0.2, 0.25) is 0 Å². The summed E-state index contributed by atoms with van der Waals surface area (Å²) in [4.78, 5) is 27.5. The number of ether oxygens (including phenoxy) is 2. The summed E-state index contributed by atoms with van der Waals surface area (Å²) in [6, 6.07) is 17.2. The first-order valence-electron chi connectivity index (χ1n) is 9.38. The van der Waals surface area contributed by atoms with Crippen molar-refractivity contribution in [1.82, 2.24) is 4.98 Å². The van der Waals surface area contributed by atoms with Crippen LogP contribution in [-0.2, 0) is 9.53 Å². The highest BCUT2D eigenvalue weighted by molar-refractivity contribution is 7.17. The second-order valence-electron chi connectivity index (χ2n) is 6.47. The van der Waals surface area contributed by atoms with E-state index in [9.17, 15) is 9.59 Å². The maximum absolute atomic E-state index is 11.4. The van der Waals surface area contributed by atoms with Crippen LogP contribution in [0.5, 0.6) is 5.75 Å². The number of carbonyl (C=O) groups excluding carboxylic acids is 2. The maximum atomic E-state index is 11.4. The number of nitrogens with one attached hydrogen (secondary N) is 1. The Hall–Kier alpha value is -3.19. The zero-order chi connectivity index (χ0) is 22.1. The lowest BCUT2D eigenvalue weighted by atomic mass is 10.0. The van der Waals surface area contributed by atoms with Crippen molar-refractivity contribution >= 4 is 33.9 Å². The summed E-state index contributed by atoms with van der Waals surface area (Å²) in [6.07, 6.45) is 0. The van der Waals surface area contributed by atoms with Crippen LogP contribution in [0.25, 0.3) is 0 Å². The van der Waals surface area contributed by atoms with Crippen molar-refractivity contribution in [1.29, 1.82) is 0 Å². The molecule has 0 aliphatic rings. The second-order valence-corrected chi connectivity index (χ2v) is 7.47. The van der Waals surface area contributed by atoms with Crippen molar-refractivity contribution in [3.8, 4) is 5.75 Å². The number of benzene rings is 2. The SMILES string of the molecule is COC(=O)C(C)c1ccccc1.COc1ccccc1Nc1nc(C)c(C(C)=O)s1. The van der Waals surface area contributed by atoms with Crippen molar-refractivity contribution in [2.75, 3.05) is 19.5 Å². The quantitative estimate of drug-likeness (QED) is 0.422. The standard InChI is InChI=1S/C13H14N2O2S.C10H12O2/c1-8-12(9(2)16)18-13(14-8)15-10-6-4-5-7-11(10)17-3;1-8(10(11)12-2)9-6-4-3-5-7-9/h4-7H,1-3H3,(H,14,15);3-8H,1-2H3. The molecule has 0 saturated carbocycles. The number of nitrogens with zero attached hydrogens (tertiary/aromatic N) is 1. The van der Waals surface area contributed by atoms with Gasteiger partial charge in [0.05, 0.1) is 36.4 Å². The van der Waals surface area contributed by atoms with Gasteiger partial charge in [-0.2, -0.15) is 0 Å². The zero-order valence-corrected chi connectivity index (χ0v) is 18.6. The molecule has 0 bridgehead atoms. The molecule has 1 unspecified atom stereocenters. The van der Waals surface area contributed by atoms with E-state index in [2.05, 4.69) is 15.0 Å². The molecular weight excluding hydrogens is 400 g/mol. The molecule has 0 aliphatic carbocycles. The fourth-order valence-electron chi connectivity index (χ4n) is 2.69. The Balaban J connectivity index is 0.000000232. The monoisotopic (exact) mass is 426 g/mol. The van der Waals surface area contributed by atoms with Gasteiger partial charge in [0, 0.05) is 6.92 Å². The van der Waals surface area contributed by atoms with E-state index < -0.39 is 0 Å². The minimum Gasteiger partial charge on any atom is -0.495 e. The summed E-state index contributed by atoms with van der Waals surface area (Å²) < 4.78 is 9.88. The minimum atomic E-state index is -0.193. The van der Waals surface area contributed by atoms with Crippen LogP contribution in [0.2, 0.25) is 0 Å². The molecule has 0 fully saturated rings. The van der Waals surface area contributed by atoms with Gasteiger partial charge in [0.25, 0.3) is 0 Å². The second kappa shape index (κ2) is 11.1. The summed E-state index contributed by atoms with van der Waals surface area (Å²) in [5.74, 6) is 0.421. The molecule has 0 radical (unpaired) electrons. The van der Waals surface area contributed by atoms with Crippen LogP contribution in [0, 0.1) is 6.92 Å². The fraction of sp³-hybridized carbons (Fsp3) is 0.261. The van der Waals surface area contributed by atoms with Gasteiger partial charge < -0.3 is 14.8 Å². The molecule has 1 heterocycles. The lowest BCUT2D eigenvalue weighted by molar-refractivity contribution is -0.141. The highest BCUT2D eigenvalue weighted by atomic mass is 32.1. The van der Waals surface area contributed by atoms with Crippen LogP contribution < -0.4 is 10.1 Å². The van der Waals surface area contributed by atoms with E-state index >= 15 is 0 Å². The molecule has 158 valence electrons. The van der Waals surface area contributed by atoms with Crippen molar-refractivity contribution < 1.29 is 19.1 Å². The van der Waals surface area contributed by atoms with Crippen LogP contribution in [-0.4, -0.2) is 31.0 Å². The summed E-state index contributed by atoms with van der Waals surface area (Å²) >= 11 is 1.35. The third kappa shape index (κ3) is 6.15. The van der Waals surface area contributed by atoms with Crippen LogP contribution in [0.15, 0.2) is 54.6 Å². The van der Waals surface area contributed by atoms with Gasteiger partial charge in [0.1, 0.15) is 5.75 Å². The summed E-state index contributed by atoms with van der Waals surface area (Å²) in [5.41, 5.74) is 2.58. The van der Waals surface area contributed by atoms with Gasteiger partial charge in [-0.05, 0) is 31.5 Å². The zero-order valence-electron chi connectivity index (χ0n) is 17.8. The molecule has 3 rings (SSSR count). The van der Waals surface area contributed by atoms with E-state index in [1.54, 1.807) is 14.0 Å². The Morgan fingerprint density at radius 3 is 2.23 bits per heavy atom. The average Bonchev–Trinajstić information content (AvgIpc) is 3.14. The smallest absolute Gasteiger partial charge is 0.312 e. The molecular formula is C23H26N2O4S. The van der Waals surface area contributed by atoms with E-state index in [0.717, 1.165) is 22.7 Å². The van der Waals surface area contributed by atoms with Gasteiger partial charge in [0.15, 0.2) is 10.9 Å². The number of hydrogen-bond acceptors (Lipinski definition) is 7. The molecule has 1 atom stereocenters. The lowest BCUT2D eigenvalue weighted by Crippen LogP contribution is -2.10. The molecule has 0 saturated heterocycles. The summed E-state index contributed by atoms with van der Waals surface area (Å²) in [5, 5.41) is 3.87. The number of rotatable bonds is 6.